The normalized spacial score (nSPS) is 11.2. The zero-order chi connectivity index (χ0) is 15.1. The van der Waals surface area contributed by atoms with E-state index in [9.17, 15) is 4.79 Å². The molecule has 0 aliphatic heterocycles. The Kier molecular flexibility index (Phi) is 4.94. The Balaban J connectivity index is 2.27. The van der Waals surface area contributed by atoms with Gasteiger partial charge >= 0.3 is 5.97 Å². The highest BCUT2D eigenvalue weighted by Gasteiger charge is 2.21. The third-order valence-electron chi connectivity index (χ3n) is 2.98. The fourth-order valence-corrected chi connectivity index (χ4v) is 1.96. The maximum atomic E-state index is 12.2. The molecule has 0 saturated carbocycles. The molecule has 2 rings (SSSR count). The van der Waals surface area contributed by atoms with Gasteiger partial charge < -0.3 is 10.1 Å². The van der Waals surface area contributed by atoms with E-state index < -0.39 is 6.04 Å². The molecule has 106 valence electrons. The Bertz CT molecular complexity index is 630. The highest BCUT2D eigenvalue weighted by Crippen LogP contribution is 2.21. The number of ether oxygens (including phenoxy) is 1. The number of nitrogens with one attached hydrogen (secondary N) is 1. The van der Waals surface area contributed by atoms with Crippen LogP contribution in [0, 0.1) is 11.3 Å². The first-order valence-electron chi connectivity index (χ1n) is 6.73. The van der Waals surface area contributed by atoms with Crippen LogP contribution < -0.4 is 5.32 Å². The number of nitrogens with zero attached hydrogens (tertiary/aromatic N) is 1. The lowest BCUT2D eigenvalue weighted by Gasteiger charge is -2.18. The number of esters is 1. The summed E-state index contributed by atoms with van der Waals surface area (Å²) >= 11 is 0. The first-order valence-corrected chi connectivity index (χ1v) is 6.73. The largest absolute Gasteiger partial charge is 0.464 e. The summed E-state index contributed by atoms with van der Waals surface area (Å²) in [4.78, 5) is 12.2. The molecule has 0 unspecified atom stereocenters. The summed E-state index contributed by atoms with van der Waals surface area (Å²) in [7, 11) is 0. The van der Waals surface area contributed by atoms with Crippen molar-refractivity contribution in [3.63, 3.8) is 0 Å². The van der Waals surface area contributed by atoms with Crippen LogP contribution in [-0.4, -0.2) is 12.6 Å². The van der Waals surface area contributed by atoms with Crippen LogP contribution in [0.1, 0.15) is 24.1 Å². The third kappa shape index (κ3) is 3.83. The van der Waals surface area contributed by atoms with Crippen molar-refractivity contribution in [2.24, 2.45) is 0 Å². The maximum Gasteiger partial charge on any atom is 0.333 e. The van der Waals surface area contributed by atoms with Crippen LogP contribution in [-0.2, 0) is 9.53 Å². The van der Waals surface area contributed by atoms with E-state index in [1.165, 1.54) is 0 Å². The van der Waals surface area contributed by atoms with E-state index in [1.807, 2.05) is 30.3 Å². The number of rotatable bonds is 5. The second-order valence-electron chi connectivity index (χ2n) is 4.43. The summed E-state index contributed by atoms with van der Waals surface area (Å²) in [5.74, 6) is -0.342. The second-order valence-corrected chi connectivity index (χ2v) is 4.43. The van der Waals surface area contributed by atoms with Crippen molar-refractivity contribution in [3.8, 4) is 6.07 Å². The van der Waals surface area contributed by atoms with Gasteiger partial charge in [-0.1, -0.05) is 30.3 Å². The Morgan fingerprint density at radius 2 is 1.86 bits per heavy atom. The van der Waals surface area contributed by atoms with E-state index >= 15 is 0 Å². The van der Waals surface area contributed by atoms with Crippen molar-refractivity contribution >= 4 is 11.7 Å². The molecular weight excluding hydrogens is 264 g/mol. The van der Waals surface area contributed by atoms with Crippen LogP contribution in [0.3, 0.4) is 0 Å². The molecule has 1 atom stereocenters. The number of hydrogen-bond donors (Lipinski definition) is 1. The van der Waals surface area contributed by atoms with Crippen molar-refractivity contribution < 1.29 is 9.53 Å². The van der Waals surface area contributed by atoms with Gasteiger partial charge in [-0.05, 0) is 36.8 Å². The smallest absolute Gasteiger partial charge is 0.333 e. The first-order chi connectivity index (χ1) is 10.2. The van der Waals surface area contributed by atoms with Crippen molar-refractivity contribution in [1.82, 2.24) is 0 Å². The van der Waals surface area contributed by atoms with Gasteiger partial charge in [0, 0.05) is 5.69 Å². The quantitative estimate of drug-likeness (QED) is 0.854. The van der Waals surface area contributed by atoms with E-state index in [2.05, 4.69) is 11.4 Å². The molecule has 0 fully saturated rings. The summed E-state index contributed by atoms with van der Waals surface area (Å²) in [6.45, 7) is 2.10. The van der Waals surface area contributed by atoms with Crippen LogP contribution in [0.15, 0.2) is 54.6 Å². The van der Waals surface area contributed by atoms with Crippen LogP contribution in [0.5, 0.6) is 0 Å². The van der Waals surface area contributed by atoms with Gasteiger partial charge in [0.2, 0.25) is 0 Å². The molecule has 0 aromatic heterocycles. The average Bonchev–Trinajstić information content (AvgIpc) is 2.54. The molecule has 0 aliphatic carbocycles. The van der Waals surface area contributed by atoms with Crippen molar-refractivity contribution in [2.75, 3.05) is 11.9 Å². The molecule has 0 saturated heterocycles. The maximum absolute atomic E-state index is 12.2. The molecule has 4 nitrogen and oxygen atoms in total. The van der Waals surface area contributed by atoms with E-state index in [0.29, 0.717) is 12.2 Å². The molecule has 0 bridgehead atoms. The average molecular weight is 280 g/mol. The minimum Gasteiger partial charge on any atom is -0.464 e. The summed E-state index contributed by atoms with van der Waals surface area (Å²) < 4.78 is 5.12. The molecule has 2 aromatic carbocycles. The van der Waals surface area contributed by atoms with Crippen LogP contribution in [0.4, 0.5) is 5.69 Å². The Morgan fingerprint density at radius 1 is 1.19 bits per heavy atom. The predicted octanol–water partition coefficient (Wildman–Crippen LogP) is 3.27. The lowest BCUT2D eigenvalue weighted by Crippen LogP contribution is -2.23. The van der Waals surface area contributed by atoms with Gasteiger partial charge in [0.05, 0.1) is 18.2 Å². The van der Waals surface area contributed by atoms with Crippen molar-refractivity contribution in [1.29, 1.82) is 5.26 Å². The topological polar surface area (TPSA) is 62.1 Å². The molecule has 0 heterocycles. The highest BCUT2D eigenvalue weighted by molar-refractivity contribution is 5.81. The van der Waals surface area contributed by atoms with Gasteiger partial charge in [-0.25, -0.2) is 4.79 Å². The first kappa shape index (κ1) is 14.6. The number of nitriles is 1. The molecule has 0 spiro atoms. The van der Waals surface area contributed by atoms with Crippen molar-refractivity contribution in [2.45, 2.75) is 13.0 Å². The lowest BCUT2D eigenvalue weighted by molar-refractivity contribution is -0.144. The zero-order valence-electron chi connectivity index (χ0n) is 11.7. The van der Waals surface area contributed by atoms with Gasteiger partial charge in [-0.3, -0.25) is 0 Å². The van der Waals surface area contributed by atoms with Gasteiger partial charge in [-0.15, -0.1) is 0 Å². The number of carbonyl (C=O) groups is 1. The number of hydrogen-bond acceptors (Lipinski definition) is 4. The van der Waals surface area contributed by atoms with Gasteiger partial charge in [0.1, 0.15) is 0 Å². The standard InChI is InChI=1S/C17H16N2O2/c1-2-21-17(20)16(19-15-6-4-3-5-7-15)14-10-8-13(12-18)9-11-14/h3-11,16,19H,2H2,1H3/t16-/m1/s1. The van der Waals surface area contributed by atoms with E-state index in [4.69, 9.17) is 10.00 Å². The van der Waals surface area contributed by atoms with Gasteiger partial charge in [0.25, 0.3) is 0 Å². The molecule has 4 heteroatoms. The number of benzene rings is 2. The van der Waals surface area contributed by atoms with Crippen LogP contribution in [0.25, 0.3) is 0 Å². The molecule has 0 aliphatic rings. The van der Waals surface area contributed by atoms with Crippen molar-refractivity contribution in [3.05, 3.63) is 65.7 Å². The van der Waals surface area contributed by atoms with Gasteiger partial charge in [-0.2, -0.15) is 5.26 Å². The summed E-state index contributed by atoms with van der Waals surface area (Å²) in [6.07, 6.45) is 0. The molecule has 1 N–H and O–H groups in total. The number of para-hydroxylation sites is 1. The van der Waals surface area contributed by atoms with E-state index in [0.717, 1.165) is 11.3 Å². The van der Waals surface area contributed by atoms with Crippen LogP contribution in [0.2, 0.25) is 0 Å². The summed E-state index contributed by atoms with van der Waals surface area (Å²) in [6, 6.07) is 17.8. The Morgan fingerprint density at radius 3 is 2.43 bits per heavy atom. The summed E-state index contributed by atoms with van der Waals surface area (Å²) in [5, 5.41) is 12.0. The predicted molar refractivity (Wildman–Crippen MR) is 80.6 cm³/mol. The van der Waals surface area contributed by atoms with E-state index in [-0.39, 0.29) is 5.97 Å². The minimum atomic E-state index is -0.597. The number of carbonyl (C=O) groups excluding carboxylic acids is 1. The monoisotopic (exact) mass is 280 g/mol. The molecule has 0 amide bonds. The minimum absolute atomic E-state index is 0.322. The number of anilines is 1. The Hall–Kier alpha value is -2.80. The molecule has 2 aromatic rings. The molecule has 0 radical (unpaired) electrons. The SMILES string of the molecule is CCOC(=O)[C@H](Nc1ccccc1)c1ccc(C#N)cc1. The fourth-order valence-electron chi connectivity index (χ4n) is 1.96. The Labute approximate surface area is 124 Å². The highest BCUT2D eigenvalue weighted by atomic mass is 16.5. The fraction of sp³-hybridized carbons (Fsp3) is 0.176. The lowest BCUT2D eigenvalue weighted by atomic mass is 10.0. The summed E-state index contributed by atoms with van der Waals surface area (Å²) in [5.41, 5.74) is 2.15. The second kappa shape index (κ2) is 7.11. The molecular formula is C17H16N2O2. The zero-order valence-corrected chi connectivity index (χ0v) is 11.7. The van der Waals surface area contributed by atoms with Gasteiger partial charge in [0.15, 0.2) is 6.04 Å². The third-order valence-corrected chi connectivity index (χ3v) is 2.98. The van der Waals surface area contributed by atoms with E-state index in [1.54, 1.807) is 31.2 Å². The molecule has 21 heavy (non-hydrogen) atoms. The van der Waals surface area contributed by atoms with Crippen LogP contribution >= 0.6 is 0 Å².